The summed E-state index contributed by atoms with van der Waals surface area (Å²) in [4.78, 5) is 18.4. The lowest BCUT2D eigenvalue weighted by Gasteiger charge is -2.13. The van der Waals surface area contributed by atoms with Crippen molar-refractivity contribution in [1.29, 1.82) is 0 Å². The van der Waals surface area contributed by atoms with Crippen LogP contribution in [0.2, 0.25) is 0 Å². The molecule has 30 heavy (non-hydrogen) atoms. The summed E-state index contributed by atoms with van der Waals surface area (Å²) in [5, 5.41) is 2.28. The van der Waals surface area contributed by atoms with E-state index < -0.39 is 5.92 Å². The minimum Gasteiger partial charge on any atom is -0.492 e. The molecule has 0 saturated heterocycles. The van der Waals surface area contributed by atoms with Crippen LogP contribution in [0.5, 0.6) is 5.75 Å². The van der Waals surface area contributed by atoms with E-state index in [4.69, 9.17) is 9.73 Å². The van der Waals surface area contributed by atoms with Crippen LogP contribution >= 0.6 is 0 Å². The van der Waals surface area contributed by atoms with Gasteiger partial charge < -0.3 is 4.74 Å². The molecule has 0 bridgehead atoms. The Bertz CT molecular complexity index is 1290. The average Bonchev–Trinajstić information content (AvgIpc) is 3.07. The van der Waals surface area contributed by atoms with Crippen molar-refractivity contribution in [2.45, 2.75) is 12.8 Å². The maximum atomic E-state index is 13.4. The summed E-state index contributed by atoms with van der Waals surface area (Å²) in [6.07, 6.45) is 0. The summed E-state index contributed by atoms with van der Waals surface area (Å²) in [7, 11) is 0. The molecule has 146 valence electrons. The fraction of sp³-hybridized carbons (Fsp3) is 0.111. The summed E-state index contributed by atoms with van der Waals surface area (Å²) in [6.45, 7) is 2.52. The number of aliphatic imine (C=N–C) groups is 1. The standard InChI is InChI=1S/C27H21NO2/c1-2-30-24-14-8-7-13-23(24)28-26-21-11-5-6-12-22(21)27(29)25(26)20-16-15-18-9-3-4-10-19(18)17-20/h3-17,25H,2H2,1H3. The third-order valence-corrected chi connectivity index (χ3v) is 5.52. The Labute approximate surface area is 175 Å². The highest BCUT2D eigenvalue weighted by Crippen LogP contribution is 2.38. The molecule has 5 rings (SSSR count). The zero-order valence-electron chi connectivity index (χ0n) is 16.7. The van der Waals surface area contributed by atoms with Gasteiger partial charge in [-0.2, -0.15) is 0 Å². The summed E-state index contributed by atoms with van der Waals surface area (Å²) in [5.74, 6) is 0.386. The van der Waals surface area contributed by atoms with Gasteiger partial charge in [-0.15, -0.1) is 0 Å². The van der Waals surface area contributed by atoms with Gasteiger partial charge in [0.2, 0.25) is 0 Å². The molecule has 3 nitrogen and oxygen atoms in total. The predicted molar refractivity (Wildman–Crippen MR) is 121 cm³/mol. The lowest BCUT2D eigenvalue weighted by Crippen LogP contribution is -2.13. The van der Waals surface area contributed by atoms with Gasteiger partial charge in [-0.25, -0.2) is 4.99 Å². The smallest absolute Gasteiger partial charge is 0.176 e. The second-order valence-electron chi connectivity index (χ2n) is 7.35. The first kappa shape index (κ1) is 18.3. The zero-order chi connectivity index (χ0) is 20.5. The minimum absolute atomic E-state index is 0.0912. The Hall–Kier alpha value is -3.72. The maximum absolute atomic E-state index is 13.4. The fourth-order valence-electron chi connectivity index (χ4n) is 4.13. The number of hydrogen-bond donors (Lipinski definition) is 0. The van der Waals surface area contributed by atoms with Gasteiger partial charge in [-0.1, -0.05) is 78.9 Å². The highest BCUT2D eigenvalue weighted by atomic mass is 16.5. The molecule has 4 aromatic carbocycles. The molecular weight excluding hydrogens is 370 g/mol. The number of fused-ring (bicyclic) bond motifs is 2. The number of carbonyl (C=O) groups excluding carboxylic acids is 1. The van der Waals surface area contributed by atoms with Gasteiger partial charge in [0, 0.05) is 11.1 Å². The van der Waals surface area contributed by atoms with E-state index in [0.29, 0.717) is 6.61 Å². The van der Waals surface area contributed by atoms with Gasteiger partial charge in [0.15, 0.2) is 5.78 Å². The third kappa shape index (κ3) is 3.09. The molecule has 0 aromatic heterocycles. The molecule has 0 fully saturated rings. The van der Waals surface area contributed by atoms with Crippen LogP contribution in [0.1, 0.15) is 34.3 Å². The molecule has 0 radical (unpaired) electrons. The quantitative estimate of drug-likeness (QED) is 0.407. The van der Waals surface area contributed by atoms with Gasteiger partial charge in [0.25, 0.3) is 0 Å². The van der Waals surface area contributed by atoms with E-state index in [1.807, 2.05) is 73.7 Å². The van der Waals surface area contributed by atoms with Crippen LogP contribution in [-0.4, -0.2) is 18.1 Å². The third-order valence-electron chi connectivity index (χ3n) is 5.52. The van der Waals surface area contributed by atoms with E-state index in [0.717, 1.165) is 44.6 Å². The number of benzene rings is 4. The number of carbonyl (C=O) groups is 1. The molecule has 0 heterocycles. The van der Waals surface area contributed by atoms with Crippen molar-refractivity contribution in [3.8, 4) is 5.75 Å². The van der Waals surface area contributed by atoms with Crippen LogP contribution in [0, 0.1) is 0 Å². The number of rotatable bonds is 4. The van der Waals surface area contributed by atoms with Crippen LogP contribution in [0.15, 0.2) is 96.0 Å². The number of nitrogens with zero attached hydrogens (tertiary/aromatic N) is 1. The molecular formula is C27H21NO2. The molecule has 0 saturated carbocycles. The lowest BCUT2D eigenvalue weighted by atomic mass is 9.91. The number of ketones is 1. The summed E-state index contributed by atoms with van der Waals surface area (Å²) in [5.41, 5.74) is 4.10. The van der Waals surface area contributed by atoms with Crippen molar-refractivity contribution in [3.05, 3.63) is 108 Å². The number of hydrogen-bond acceptors (Lipinski definition) is 3. The first-order valence-electron chi connectivity index (χ1n) is 10.2. The molecule has 3 heteroatoms. The SMILES string of the molecule is CCOc1ccccc1N=C1c2ccccc2C(=O)C1c1ccc2ccccc2c1. The molecule has 0 N–H and O–H groups in total. The summed E-state index contributed by atoms with van der Waals surface area (Å²) >= 11 is 0. The Kier molecular flexibility index (Phi) is 4.64. The molecule has 0 amide bonds. The highest BCUT2D eigenvalue weighted by molar-refractivity contribution is 6.32. The number of ether oxygens (including phenoxy) is 1. The zero-order valence-corrected chi connectivity index (χ0v) is 16.7. The second-order valence-corrected chi connectivity index (χ2v) is 7.35. The van der Waals surface area contributed by atoms with E-state index in [2.05, 4.69) is 24.3 Å². The summed E-state index contributed by atoms with van der Waals surface area (Å²) in [6, 6.07) is 29.9. The Morgan fingerprint density at radius 2 is 1.50 bits per heavy atom. The van der Waals surface area contributed by atoms with Crippen molar-refractivity contribution in [1.82, 2.24) is 0 Å². The average molecular weight is 391 g/mol. The topological polar surface area (TPSA) is 38.7 Å². The number of Topliss-reactive ketones (excluding diaryl/α,β-unsaturated/α-hetero) is 1. The second kappa shape index (κ2) is 7.60. The van der Waals surface area contributed by atoms with Gasteiger partial charge in [-0.3, -0.25) is 4.79 Å². The lowest BCUT2D eigenvalue weighted by molar-refractivity contribution is 0.0988. The maximum Gasteiger partial charge on any atom is 0.176 e. The van der Waals surface area contributed by atoms with E-state index in [1.54, 1.807) is 0 Å². The first-order valence-corrected chi connectivity index (χ1v) is 10.2. The van der Waals surface area contributed by atoms with Crippen LogP contribution in [0.4, 0.5) is 5.69 Å². The summed E-state index contributed by atoms with van der Waals surface area (Å²) < 4.78 is 5.77. The van der Waals surface area contributed by atoms with E-state index in [-0.39, 0.29) is 5.78 Å². The van der Waals surface area contributed by atoms with Crippen molar-refractivity contribution in [2.24, 2.45) is 4.99 Å². The monoisotopic (exact) mass is 391 g/mol. The number of para-hydroxylation sites is 2. The Morgan fingerprint density at radius 1 is 0.800 bits per heavy atom. The molecule has 0 spiro atoms. The van der Waals surface area contributed by atoms with Crippen LogP contribution in [-0.2, 0) is 0 Å². The van der Waals surface area contributed by atoms with Gasteiger partial charge in [0.1, 0.15) is 11.4 Å². The molecule has 1 atom stereocenters. The molecule has 1 aliphatic rings. The van der Waals surface area contributed by atoms with Gasteiger partial charge in [-0.05, 0) is 35.4 Å². The van der Waals surface area contributed by atoms with Crippen LogP contribution in [0.25, 0.3) is 10.8 Å². The largest absolute Gasteiger partial charge is 0.492 e. The predicted octanol–water partition coefficient (Wildman–Crippen LogP) is 6.34. The van der Waals surface area contributed by atoms with E-state index in [9.17, 15) is 4.79 Å². The van der Waals surface area contributed by atoms with Crippen molar-refractivity contribution >= 4 is 28.0 Å². The molecule has 0 aliphatic heterocycles. The Morgan fingerprint density at radius 3 is 2.33 bits per heavy atom. The van der Waals surface area contributed by atoms with Gasteiger partial charge >= 0.3 is 0 Å². The molecule has 4 aromatic rings. The van der Waals surface area contributed by atoms with Crippen molar-refractivity contribution in [2.75, 3.05) is 6.61 Å². The fourth-order valence-corrected chi connectivity index (χ4v) is 4.13. The van der Waals surface area contributed by atoms with Crippen molar-refractivity contribution in [3.63, 3.8) is 0 Å². The van der Waals surface area contributed by atoms with Crippen molar-refractivity contribution < 1.29 is 9.53 Å². The Balaban J connectivity index is 1.70. The minimum atomic E-state index is -0.429. The van der Waals surface area contributed by atoms with Crippen LogP contribution < -0.4 is 4.74 Å². The van der Waals surface area contributed by atoms with Gasteiger partial charge in [0.05, 0.1) is 18.2 Å². The normalized spacial score (nSPS) is 16.8. The first-order chi connectivity index (χ1) is 14.8. The molecule has 1 aliphatic carbocycles. The molecule has 1 unspecified atom stereocenters. The van der Waals surface area contributed by atoms with Crippen LogP contribution in [0.3, 0.4) is 0 Å². The van der Waals surface area contributed by atoms with E-state index in [1.165, 1.54) is 0 Å². The van der Waals surface area contributed by atoms with E-state index >= 15 is 0 Å². The highest BCUT2D eigenvalue weighted by Gasteiger charge is 2.37.